The third-order valence-electron chi connectivity index (χ3n) is 2.50. The van der Waals surface area contributed by atoms with E-state index in [2.05, 4.69) is 21.2 Å². The van der Waals surface area contributed by atoms with E-state index in [-0.39, 0.29) is 12.5 Å². The third kappa shape index (κ3) is 3.59. The van der Waals surface area contributed by atoms with Crippen LogP contribution in [-0.2, 0) is 0 Å². The van der Waals surface area contributed by atoms with Gasteiger partial charge in [0.25, 0.3) is 5.91 Å². The maximum absolute atomic E-state index is 11.9. The summed E-state index contributed by atoms with van der Waals surface area (Å²) in [6.07, 6.45) is 0.598. The number of benzene rings is 1. The lowest BCUT2D eigenvalue weighted by Gasteiger charge is -2.10. The number of aliphatic hydroxyl groups excluding tert-OH is 1. The Balaban J connectivity index is 1.98. The summed E-state index contributed by atoms with van der Waals surface area (Å²) in [4.78, 5) is 11.9. The fourth-order valence-electron chi connectivity index (χ4n) is 1.54. The molecule has 1 heterocycles. The fraction of sp³-hybridized carbons (Fsp3) is 0.154. The summed E-state index contributed by atoms with van der Waals surface area (Å²) in [5, 5.41) is 12.9. The topological polar surface area (TPSA) is 62.5 Å². The van der Waals surface area contributed by atoms with E-state index in [0.717, 1.165) is 0 Å². The summed E-state index contributed by atoms with van der Waals surface area (Å²) in [7, 11) is 0. The fourth-order valence-corrected chi connectivity index (χ4v) is 2.40. The Kier molecular flexibility index (Phi) is 4.63. The lowest BCUT2D eigenvalue weighted by molar-refractivity contribution is 0.0900. The van der Waals surface area contributed by atoms with Crippen LogP contribution in [0.15, 0.2) is 45.5 Å². The number of hydrogen-bond donors (Lipinski definition) is 2. The molecule has 1 amide bonds. The quantitative estimate of drug-likeness (QED) is 0.895. The average Bonchev–Trinajstić information content (AvgIpc) is 2.89. The van der Waals surface area contributed by atoms with Crippen LogP contribution in [0.1, 0.15) is 22.2 Å². The first-order valence-corrected chi connectivity index (χ1v) is 6.69. The Bertz CT molecular complexity index is 571. The number of rotatable bonds is 4. The maximum Gasteiger partial charge on any atom is 0.252 e. The lowest BCUT2D eigenvalue weighted by Crippen LogP contribution is -2.28. The highest BCUT2D eigenvalue weighted by molar-refractivity contribution is 9.10. The SMILES string of the molecule is O=C(NCC(O)c1ccco1)c1ccc(Cl)cc1Br. The standard InChI is InChI=1S/C13H11BrClNO3/c14-10-6-8(15)3-4-9(10)13(18)16-7-11(17)12-2-1-5-19-12/h1-6,11,17H,7H2,(H,16,18). The molecule has 0 aliphatic heterocycles. The zero-order valence-corrected chi connectivity index (χ0v) is 12.1. The van der Waals surface area contributed by atoms with Gasteiger partial charge in [-0.3, -0.25) is 4.79 Å². The number of amides is 1. The molecule has 100 valence electrons. The third-order valence-corrected chi connectivity index (χ3v) is 3.39. The van der Waals surface area contributed by atoms with Crippen LogP contribution in [0.25, 0.3) is 0 Å². The molecule has 1 atom stereocenters. The predicted octanol–water partition coefficient (Wildman–Crippen LogP) is 3.16. The Morgan fingerprint density at radius 1 is 1.47 bits per heavy atom. The summed E-state index contributed by atoms with van der Waals surface area (Å²) >= 11 is 9.07. The first-order chi connectivity index (χ1) is 9.08. The van der Waals surface area contributed by atoms with Crippen LogP contribution >= 0.6 is 27.5 Å². The van der Waals surface area contributed by atoms with Gasteiger partial charge in [0, 0.05) is 9.50 Å². The molecule has 2 rings (SSSR count). The zero-order chi connectivity index (χ0) is 13.8. The Morgan fingerprint density at radius 3 is 2.89 bits per heavy atom. The number of nitrogens with one attached hydrogen (secondary N) is 1. The first-order valence-electron chi connectivity index (χ1n) is 5.52. The summed E-state index contributed by atoms with van der Waals surface area (Å²) < 4.78 is 5.65. The van der Waals surface area contributed by atoms with Crippen LogP contribution < -0.4 is 5.32 Å². The van der Waals surface area contributed by atoms with Crippen LogP contribution in [0.5, 0.6) is 0 Å². The Labute approximate surface area is 123 Å². The maximum atomic E-state index is 11.9. The molecule has 1 aromatic carbocycles. The molecule has 19 heavy (non-hydrogen) atoms. The highest BCUT2D eigenvalue weighted by Gasteiger charge is 2.14. The van der Waals surface area contributed by atoms with Crippen LogP contribution in [-0.4, -0.2) is 17.6 Å². The van der Waals surface area contributed by atoms with Crippen molar-refractivity contribution in [3.63, 3.8) is 0 Å². The van der Waals surface area contributed by atoms with E-state index in [0.29, 0.717) is 20.8 Å². The predicted molar refractivity (Wildman–Crippen MR) is 75.2 cm³/mol. The highest BCUT2D eigenvalue weighted by Crippen LogP contribution is 2.21. The molecular weight excluding hydrogens is 334 g/mol. The number of furan rings is 1. The molecular formula is C13H11BrClNO3. The lowest BCUT2D eigenvalue weighted by atomic mass is 10.2. The number of aliphatic hydroxyl groups is 1. The smallest absolute Gasteiger partial charge is 0.252 e. The van der Waals surface area contributed by atoms with E-state index >= 15 is 0 Å². The summed E-state index contributed by atoms with van der Waals surface area (Å²) in [5.41, 5.74) is 0.455. The monoisotopic (exact) mass is 343 g/mol. The Morgan fingerprint density at radius 2 is 2.26 bits per heavy atom. The van der Waals surface area contributed by atoms with Crippen molar-refractivity contribution in [1.29, 1.82) is 0 Å². The van der Waals surface area contributed by atoms with E-state index in [1.54, 1.807) is 30.3 Å². The summed E-state index contributed by atoms with van der Waals surface area (Å²) in [6.45, 7) is 0.0708. The molecule has 0 bridgehead atoms. The van der Waals surface area contributed by atoms with Gasteiger partial charge in [-0.1, -0.05) is 11.6 Å². The average molecular weight is 345 g/mol. The molecule has 4 nitrogen and oxygen atoms in total. The molecule has 0 radical (unpaired) electrons. The van der Waals surface area contributed by atoms with Gasteiger partial charge < -0.3 is 14.8 Å². The van der Waals surface area contributed by atoms with Crippen molar-refractivity contribution in [1.82, 2.24) is 5.32 Å². The van der Waals surface area contributed by atoms with Crippen molar-refractivity contribution in [3.8, 4) is 0 Å². The van der Waals surface area contributed by atoms with Crippen LogP contribution in [0.4, 0.5) is 0 Å². The van der Waals surface area contributed by atoms with E-state index in [1.165, 1.54) is 6.26 Å². The second kappa shape index (κ2) is 6.23. The molecule has 1 unspecified atom stereocenters. The minimum atomic E-state index is -0.870. The molecule has 6 heteroatoms. The summed E-state index contributed by atoms with van der Waals surface area (Å²) in [5.74, 6) is 0.115. The largest absolute Gasteiger partial charge is 0.467 e. The van der Waals surface area contributed by atoms with E-state index in [1.807, 2.05) is 0 Å². The van der Waals surface area contributed by atoms with Crippen molar-refractivity contribution in [2.45, 2.75) is 6.10 Å². The minimum absolute atomic E-state index is 0.0708. The molecule has 1 aromatic heterocycles. The van der Waals surface area contributed by atoms with Gasteiger partial charge in [0.1, 0.15) is 11.9 Å². The van der Waals surface area contributed by atoms with Gasteiger partial charge in [0.2, 0.25) is 0 Å². The Hall–Kier alpha value is -1.30. The zero-order valence-electron chi connectivity index (χ0n) is 9.77. The number of carbonyl (C=O) groups is 1. The van der Waals surface area contributed by atoms with E-state index in [9.17, 15) is 9.90 Å². The second-order valence-electron chi connectivity index (χ2n) is 3.87. The van der Waals surface area contributed by atoms with E-state index < -0.39 is 6.10 Å². The number of carbonyl (C=O) groups excluding carboxylic acids is 1. The molecule has 0 spiro atoms. The van der Waals surface area contributed by atoms with Crippen molar-refractivity contribution in [2.24, 2.45) is 0 Å². The van der Waals surface area contributed by atoms with Crippen LogP contribution in [0.3, 0.4) is 0 Å². The van der Waals surface area contributed by atoms with Gasteiger partial charge in [0.15, 0.2) is 0 Å². The molecule has 0 fully saturated rings. The van der Waals surface area contributed by atoms with Gasteiger partial charge >= 0.3 is 0 Å². The normalized spacial score (nSPS) is 12.2. The first kappa shape index (κ1) is 14.1. The summed E-state index contributed by atoms with van der Waals surface area (Å²) in [6, 6.07) is 8.20. The minimum Gasteiger partial charge on any atom is -0.467 e. The van der Waals surface area contributed by atoms with Gasteiger partial charge in [-0.05, 0) is 46.3 Å². The molecule has 0 saturated heterocycles. The molecule has 2 N–H and O–H groups in total. The highest BCUT2D eigenvalue weighted by atomic mass is 79.9. The molecule has 0 aliphatic rings. The van der Waals surface area contributed by atoms with Crippen molar-refractivity contribution >= 4 is 33.4 Å². The van der Waals surface area contributed by atoms with Gasteiger partial charge in [0.05, 0.1) is 18.4 Å². The number of hydrogen-bond acceptors (Lipinski definition) is 3. The molecule has 0 saturated carbocycles. The van der Waals surface area contributed by atoms with E-state index in [4.69, 9.17) is 16.0 Å². The van der Waals surface area contributed by atoms with Crippen molar-refractivity contribution < 1.29 is 14.3 Å². The van der Waals surface area contributed by atoms with Gasteiger partial charge in [-0.25, -0.2) is 0 Å². The second-order valence-corrected chi connectivity index (χ2v) is 5.16. The molecule has 0 aliphatic carbocycles. The van der Waals surface area contributed by atoms with Crippen LogP contribution in [0.2, 0.25) is 5.02 Å². The van der Waals surface area contributed by atoms with Gasteiger partial charge in [-0.2, -0.15) is 0 Å². The van der Waals surface area contributed by atoms with Crippen LogP contribution in [0, 0.1) is 0 Å². The van der Waals surface area contributed by atoms with Crippen molar-refractivity contribution in [3.05, 3.63) is 57.4 Å². The van der Waals surface area contributed by atoms with Crippen molar-refractivity contribution in [2.75, 3.05) is 6.54 Å². The number of halogens is 2. The van der Waals surface area contributed by atoms with Gasteiger partial charge in [-0.15, -0.1) is 0 Å². The molecule has 2 aromatic rings.